The zero-order chi connectivity index (χ0) is 15.5. The maximum absolute atomic E-state index is 5.38. The summed E-state index contributed by atoms with van der Waals surface area (Å²) in [5, 5.41) is 4.55. The molecule has 0 saturated carbocycles. The molecule has 0 radical (unpaired) electrons. The van der Waals surface area contributed by atoms with Crippen LogP contribution < -0.4 is 4.74 Å². The third kappa shape index (κ3) is 2.91. The summed E-state index contributed by atoms with van der Waals surface area (Å²) in [4.78, 5) is 5.00. The first-order valence-corrected chi connectivity index (χ1v) is 7.96. The number of rotatable bonds is 5. The largest absolute Gasteiger partial charge is 0.497 e. The minimum atomic E-state index is 0.344. The quantitative estimate of drug-likeness (QED) is 0.848. The summed E-state index contributed by atoms with van der Waals surface area (Å²) in [6, 6.07) is 8.64. The number of aromatic nitrogens is 2. The molecule has 1 atom stereocenters. The molecule has 2 heterocycles. The third-order valence-corrected chi connectivity index (χ3v) is 4.18. The molecule has 22 heavy (non-hydrogen) atoms. The molecule has 0 fully saturated rings. The minimum Gasteiger partial charge on any atom is -0.497 e. The van der Waals surface area contributed by atoms with Crippen LogP contribution in [-0.4, -0.2) is 28.6 Å². The molecule has 1 aromatic heterocycles. The standard InChI is InChI=1S/C18H23N3O/c1-4-5-6-14-11-13-12-15(22-3)7-8-16(13)18(19-14)17-9-10-21(2)20-17/h7-10,12,14H,4-6,11H2,1-3H3. The number of aryl methyl sites for hydroxylation is 1. The van der Waals surface area contributed by atoms with Crippen LogP contribution >= 0.6 is 0 Å². The van der Waals surface area contributed by atoms with Crippen molar-refractivity contribution < 1.29 is 4.74 Å². The van der Waals surface area contributed by atoms with Crippen LogP contribution in [0.15, 0.2) is 35.5 Å². The van der Waals surface area contributed by atoms with Crippen molar-refractivity contribution in [2.45, 2.75) is 38.6 Å². The van der Waals surface area contributed by atoms with Crippen molar-refractivity contribution in [1.29, 1.82) is 0 Å². The minimum absolute atomic E-state index is 0.344. The maximum atomic E-state index is 5.38. The van der Waals surface area contributed by atoms with Crippen molar-refractivity contribution in [2.75, 3.05) is 7.11 Å². The summed E-state index contributed by atoms with van der Waals surface area (Å²) in [6.45, 7) is 2.23. The third-order valence-electron chi connectivity index (χ3n) is 4.18. The van der Waals surface area contributed by atoms with Crippen LogP contribution in [0.5, 0.6) is 5.75 Å². The van der Waals surface area contributed by atoms with Crippen molar-refractivity contribution in [2.24, 2.45) is 12.0 Å². The Balaban J connectivity index is 2.02. The van der Waals surface area contributed by atoms with E-state index in [-0.39, 0.29) is 0 Å². The highest BCUT2D eigenvalue weighted by molar-refractivity contribution is 6.13. The molecular formula is C18H23N3O. The van der Waals surface area contributed by atoms with Crippen LogP contribution in [0.2, 0.25) is 0 Å². The van der Waals surface area contributed by atoms with E-state index in [1.807, 2.05) is 30.1 Å². The summed E-state index contributed by atoms with van der Waals surface area (Å²) in [5.41, 5.74) is 4.48. The fraction of sp³-hybridized carbons (Fsp3) is 0.444. The highest BCUT2D eigenvalue weighted by Crippen LogP contribution is 2.28. The van der Waals surface area contributed by atoms with Crippen LogP contribution in [-0.2, 0) is 13.5 Å². The number of unbranched alkanes of at least 4 members (excludes halogenated alkanes) is 1. The van der Waals surface area contributed by atoms with E-state index in [1.54, 1.807) is 7.11 Å². The van der Waals surface area contributed by atoms with Crippen LogP contribution in [0.25, 0.3) is 0 Å². The Morgan fingerprint density at radius 2 is 2.18 bits per heavy atom. The molecule has 0 saturated heterocycles. The average molecular weight is 297 g/mol. The highest BCUT2D eigenvalue weighted by atomic mass is 16.5. The number of methoxy groups -OCH3 is 1. The van der Waals surface area contributed by atoms with E-state index < -0.39 is 0 Å². The second-order valence-corrected chi connectivity index (χ2v) is 5.88. The van der Waals surface area contributed by atoms with E-state index >= 15 is 0 Å². The molecule has 0 bridgehead atoms. The fourth-order valence-electron chi connectivity index (χ4n) is 3.00. The molecule has 2 aromatic rings. The van der Waals surface area contributed by atoms with E-state index in [0.29, 0.717) is 6.04 Å². The summed E-state index contributed by atoms with van der Waals surface area (Å²) < 4.78 is 7.21. The first-order valence-electron chi connectivity index (χ1n) is 7.96. The monoisotopic (exact) mass is 297 g/mol. The average Bonchev–Trinajstić information content (AvgIpc) is 2.97. The van der Waals surface area contributed by atoms with E-state index in [4.69, 9.17) is 9.73 Å². The molecule has 116 valence electrons. The fourth-order valence-corrected chi connectivity index (χ4v) is 3.00. The second-order valence-electron chi connectivity index (χ2n) is 5.88. The molecule has 4 nitrogen and oxygen atoms in total. The van der Waals surface area contributed by atoms with Gasteiger partial charge in [-0.15, -0.1) is 0 Å². The Labute approximate surface area is 131 Å². The number of ether oxygens (including phenoxy) is 1. The SMILES string of the molecule is CCCCC1Cc2cc(OC)ccc2C(c2ccn(C)n2)=N1. The molecule has 1 unspecified atom stereocenters. The summed E-state index contributed by atoms with van der Waals surface area (Å²) in [7, 11) is 3.66. The summed E-state index contributed by atoms with van der Waals surface area (Å²) >= 11 is 0. The Morgan fingerprint density at radius 1 is 1.32 bits per heavy atom. The Hall–Kier alpha value is -2.10. The normalized spacial score (nSPS) is 17.0. The number of nitrogens with zero attached hydrogens (tertiary/aromatic N) is 3. The van der Waals surface area contributed by atoms with Crippen LogP contribution in [0.3, 0.4) is 0 Å². The van der Waals surface area contributed by atoms with Gasteiger partial charge in [-0.2, -0.15) is 5.10 Å². The lowest BCUT2D eigenvalue weighted by Crippen LogP contribution is -2.22. The van der Waals surface area contributed by atoms with Crippen LogP contribution in [0.4, 0.5) is 0 Å². The van der Waals surface area contributed by atoms with Gasteiger partial charge in [0.15, 0.2) is 0 Å². The van der Waals surface area contributed by atoms with Gasteiger partial charge in [-0.25, -0.2) is 0 Å². The molecule has 0 amide bonds. The van der Waals surface area contributed by atoms with Gasteiger partial charge in [0.05, 0.1) is 18.9 Å². The van der Waals surface area contributed by atoms with Gasteiger partial charge >= 0.3 is 0 Å². The molecule has 3 rings (SSSR count). The smallest absolute Gasteiger partial charge is 0.119 e. The molecule has 0 N–H and O–H groups in total. The van der Waals surface area contributed by atoms with Gasteiger partial charge in [0.25, 0.3) is 0 Å². The summed E-state index contributed by atoms with van der Waals surface area (Å²) in [5.74, 6) is 0.912. The lowest BCUT2D eigenvalue weighted by atomic mass is 9.90. The van der Waals surface area contributed by atoms with E-state index in [1.165, 1.54) is 24.0 Å². The van der Waals surface area contributed by atoms with Gasteiger partial charge in [-0.3, -0.25) is 9.67 Å². The zero-order valence-electron chi connectivity index (χ0n) is 13.5. The van der Waals surface area contributed by atoms with Gasteiger partial charge in [-0.1, -0.05) is 19.8 Å². The molecule has 1 aliphatic heterocycles. The number of hydrogen-bond donors (Lipinski definition) is 0. The van der Waals surface area contributed by atoms with Crippen molar-refractivity contribution in [3.8, 4) is 5.75 Å². The van der Waals surface area contributed by atoms with Crippen molar-refractivity contribution in [3.63, 3.8) is 0 Å². The molecule has 1 aromatic carbocycles. The van der Waals surface area contributed by atoms with Crippen molar-refractivity contribution in [3.05, 3.63) is 47.3 Å². The summed E-state index contributed by atoms with van der Waals surface area (Å²) in [6.07, 6.45) is 6.50. The van der Waals surface area contributed by atoms with Crippen molar-refractivity contribution >= 4 is 5.71 Å². The topological polar surface area (TPSA) is 39.4 Å². The van der Waals surface area contributed by atoms with E-state index in [0.717, 1.165) is 30.0 Å². The zero-order valence-corrected chi connectivity index (χ0v) is 13.5. The molecule has 0 spiro atoms. The van der Waals surface area contributed by atoms with Gasteiger partial charge in [-0.05, 0) is 42.7 Å². The second kappa shape index (κ2) is 6.34. The maximum Gasteiger partial charge on any atom is 0.119 e. The van der Waals surface area contributed by atoms with Gasteiger partial charge < -0.3 is 4.74 Å². The predicted molar refractivity (Wildman–Crippen MR) is 88.9 cm³/mol. The molecule has 0 aliphatic carbocycles. The van der Waals surface area contributed by atoms with Gasteiger partial charge in [0.1, 0.15) is 11.4 Å². The Kier molecular flexibility index (Phi) is 4.27. The Bertz CT molecular complexity index is 687. The van der Waals surface area contributed by atoms with Gasteiger partial charge in [0, 0.05) is 18.8 Å². The number of hydrogen-bond acceptors (Lipinski definition) is 3. The van der Waals surface area contributed by atoms with Gasteiger partial charge in [0.2, 0.25) is 0 Å². The lowest BCUT2D eigenvalue weighted by molar-refractivity contribution is 0.414. The highest BCUT2D eigenvalue weighted by Gasteiger charge is 2.23. The van der Waals surface area contributed by atoms with E-state index in [2.05, 4.69) is 24.2 Å². The number of benzene rings is 1. The molecular weight excluding hydrogens is 274 g/mol. The number of fused-ring (bicyclic) bond motifs is 1. The predicted octanol–water partition coefficient (Wildman–Crippen LogP) is 3.38. The van der Waals surface area contributed by atoms with E-state index in [9.17, 15) is 0 Å². The number of aliphatic imine (C=N–C) groups is 1. The Morgan fingerprint density at radius 3 is 2.86 bits per heavy atom. The lowest BCUT2D eigenvalue weighted by Gasteiger charge is -2.23. The molecule has 4 heteroatoms. The van der Waals surface area contributed by atoms with Crippen LogP contribution in [0, 0.1) is 0 Å². The first kappa shape index (κ1) is 14.8. The molecule has 1 aliphatic rings. The van der Waals surface area contributed by atoms with Crippen LogP contribution in [0.1, 0.15) is 43.0 Å². The van der Waals surface area contributed by atoms with Crippen molar-refractivity contribution in [1.82, 2.24) is 9.78 Å². The first-order chi connectivity index (χ1) is 10.7.